The third-order valence-electron chi connectivity index (χ3n) is 3.85. The smallest absolute Gasteiger partial charge is 0.252 e. The van der Waals surface area contributed by atoms with Crippen molar-refractivity contribution in [3.8, 4) is 6.07 Å². The molecule has 0 aliphatic carbocycles. The molecule has 28 heavy (non-hydrogen) atoms. The summed E-state index contributed by atoms with van der Waals surface area (Å²) >= 11 is 3.20. The van der Waals surface area contributed by atoms with Crippen LogP contribution in [0, 0.1) is 29.9 Å². The minimum absolute atomic E-state index is 0.0806. The van der Waals surface area contributed by atoms with Crippen molar-refractivity contribution in [1.29, 1.82) is 5.26 Å². The Bertz CT molecular complexity index is 1030. The van der Waals surface area contributed by atoms with Crippen molar-refractivity contribution in [2.45, 2.75) is 23.6 Å². The number of nitrogens with one attached hydrogen (secondary N) is 1. The molecule has 1 amide bonds. The van der Waals surface area contributed by atoms with E-state index in [0.717, 1.165) is 33.5 Å². The molecule has 8 heteroatoms. The van der Waals surface area contributed by atoms with Gasteiger partial charge in [-0.1, -0.05) is 6.07 Å². The van der Waals surface area contributed by atoms with Gasteiger partial charge in [-0.15, -0.1) is 23.1 Å². The fraction of sp³-hybridized carbons (Fsp3) is 0.150. The molecule has 3 rings (SSSR count). The molecule has 0 spiro atoms. The second-order valence-electron chi connectivity index (χ2n) is 5.87. The number of rotatable bonds is 6. The van der Waals surface area contributed by atoms with Crippen LogP contribution >= 0.6 is 23.1 Å². The zero-order valence-electron chi connectivity index (χ0n) is 14.8. The highest BCUT2D eigenvalue weighted by atomic mass is 32.2. The van der Waals surface area contributed by atoms with E-state index in [9.17, 15) is 18.8 Å². The Morgan fingerprint density at radius 1 is 1.29 bits per heavy atom. The Morgan fingerprint density at radius 3 is 2.64 bits per heavy atom. The van der Waals surface area contributed by atoms with Crippen LogP contribution in [0.3, 0.4) is 0 Å². The fourth-order valence-corrected chi connectivity index (χ4v) is 3.97. The van der Waals surface area contributed by atoms with Gasteiger partial charge in [0.15, 0.2) is 0 Å². The van der Waals surface area contributed by atoms with Gasteiger partial charge in [0.1, 0.15) is 17.7 Å². The first-order chi connectivity index (χ1) is 13.5. The number of hydrogen-bond acceptors (Lipinski definition) is 5. The molecule has 3 aromatic rings. The highest BCUT2D eigenvalue weighted by Crippen LogP contribution is 2.24. The van der Waals surface area contributed by atoms with Crippen LogP contribution in [-0.2, 0) is 5.75 Å². The molecule has 0 fully saturated rings. The average Bonchev–Trinajstić information content (AvgIpc) is 3.10. The van der Waals surface area contributed by atoms with Gasteiger partial charge in [0.2, 0.25) is 0 Å². The molecule has 0 saturated heterocycles. The van der Waals surface area contributed by atoms with Gasteiger partial charge >= 0.3 is 0 Å². The Labute approximate surface area is 169 Å². The first-order valence-electron chi connectivity index (χ1n) is 8.25. The van der Waals surface area contributed by atoms with Crippen LogP contribution in [-0.4, -0.2) is 10.9 Å². The van der Waals surface area contributed by atoms with Gasteiger partial charge in [-0.05, 0) is 37.3 Å². The zero-order valence-corrected chi connectivity index (χ0v) is 16.4. The second-order valence-corrected chi connectivity index (χ2v) is 7.98. The Morgan fingerprint density at radius 2 is 2.04 bits per heavy atom. The van der Waals surface area contributed by atoms with Crippen molar-refractivity contribution >= 4 is 29.0 Å². The first-order valence-corrected chi connectivity index (χ1v) is 10.1. The van der Waals surface area contributed by atoms with Crippen molar-refractivity contribution < 1.29 is 13.6 Å². The lowest BCUT2D eigenvalue weighted by Gasteiger charge is -2.13. The molecule has 1 unspecified atom stereocenters. The summed E-state index contributed by atoms with van der Waals surface area (Å²) in [5.74, 6) is -1.40. The lowest BCUT2D eigenvalue weighted by atomic mass is 10.1. The Hall–Kier alpha value is -2.76. The summed E-state index contributed by atoms with van der Waals surface area (Å²) in [4.78, 5) is 17.8. The van der Waals surface area contributed by atoms with Crippen LogP contribution in [0.2, 0.25) is 0 Å². The third-order valence-corrected chi connectivity index (χ3v) is 5.72. The van der Waals surface area contributed by atoms with Crippen molar-refractivity contribution in [3.63, 3.8) is 0 Å². The van der Waals surface area contributed by atoms with Gasteiger partial charge in [-0.25, -0.2) is 13.8 Å². The van der Waals surface area contributed by atoms with Crippen LogP contribution in [0.25, 0.3) is 0 Å². The van der Waals surface area contributed by atoms with Crippen molar-refractivity contribution in [2.24, 2.45) is 0 Å². The van der Waals surface area contributed by atoms with Crippen molar-refractivity contribution in [3.05, 3.63) is 81.3 Å². The summed E-state index contributed by atoms with van der Waals surface area (Å²) in [6.45, 7) is 1.96. The highest BCUT2D eigenvalue weighted by molar-refractivity contribution is 7.98. The Balaban J connectivity index is 1.64. The number of amides is 1. The summed E-state index contributed by atoms with van der Waals surface area (Å²) in [6.07, 6.45) is 0. The number of hydrogen-bond donors (Lipinski definition) is 1. The second kappa shape index (κ2) is 8.95. The molecule has 1 aromatic heterocycles. The lowest BCUT2D eigenvalue weighted by molar-refractivity contribution is 0.0944. The first kappa shape index (κ1) is 20.0. The topological polar surface area (TPSA) is 65.8 Å². The van der Waals surface area contributed by atoms with Crippen LogP contribution in [0.1, 0.15) is 32.7 Å². The third kappa shape index (κ3) is 4.94. The number of aromatic nitrogens is 1. The molecular formula is C20H15F2N3OS2. The summed E-state index contributed by atoms with van der Waals surface area (Å²) in [7, 11) is 0. The largest absolute Gasteiger partial charge is 0.332 e. The highest BCUT2D eigenvalue weighted by Gasteiger charge is 2.19. The maximum absolute atomic E-state index is 13.9. The van der Waals surface area contributed by atoms with E-state index in [1.165, 1.54) is 0 Å². The van der Waals surface area contributed by atoms with E-state index < -0.39 is 23.6 Å². The van der Waals surface area contributed by atoms with E-state index in [4.69, 9.17) is 0 Å². The maximum Gasteiger partial charge on any atom is 0.252 e. The standard InChI is InChI=1S/C20H15F2N3OS2/c1-12-24-15(10-27-12)11-28-16-5-2-13(3-6-16)20(26)25-19(9-23)17-7-4-14(21)8-18(17)22/h2-8,10,19H,11H2,1H3,(H,25,26). The van der Waals surface area contributed by atoms with E-state index in [1.54, 1.807) is 47.4 Å². The predicted octanol–water partition coefficient (Wildman–Crippen LogP) is 5.02. The van der Waals surface area contributed by atoms with E-state index in [-0.39, 0.29) is 5.56 Å². The van der Waals surface area contributed by atoms with Gasteiger partial charge in [-0.3, -0.25) is 4.79 Å². The molecule has 2 aromatic carbocycles. The molecule has 0 aliphatic heterocycles. The number of aryl methyl sites for hydroxylation is 1. The normalized spacial score (nSPS) is 11.6. The van der Waals surface area contributed by atoms with Crippen molar-refractivity contribution in [1.82, 2.24) is 10.3 Å². The number of halogens is 2. The molecule has 4 nitrogen and oxygen atoms in total. The summed E-state index contributed by atoms with van der Waals surface area (Å²) in [5, 5.41) is 14.8. The molecule has 0 aliphatic rings. The molecule has 1 N–H and O–H groups in total. The van der Waals surface area contributed by atoms with E-state index >= 15 is 0 Å². The molecule has 1 atom stereocenters. The van der Waals surface area contributed by atoms with E-state index in [2.05, 4.69) is 10.3 Å². The number of thioether (sulfide) groups is 1. The lowest BCUT2D eigenvalue weighted by Crippen LogP contribution is -2.28. The van der Waals surface area contributed by atoms with Gasteiger partial charge in [0, 0.05) is 33.2 Å². The quantitative estimate of drug-likeness (QED) is 0.575. The number of nitriles is 1. The zero-order chi connectivity index (χ0) is 20.1. The van der Waals surface area contributed by atoms with Gasteiger partial charge in [0.25, 0.3) is 5.91 Å². The monoisotopic (exact) mass is 415 g/mol. The van der Waals surface area contributed by atoms with E-state index in [1.807, 2.05) is 18.4 Å². The SMILES string of the molecule is Cc1nc(CSc2ccc(C(=O)NC(C#N)c3ccc(F)cc3F)cc2)cs1. The minimum atomic E-state index is -1.21. The average molecular weight is 415 g/mol. The van der Waals surface area contributed by atoms with Crippen LogP contribution in [0.4, 0.5) is 8.78 Å². The number of carbonyl (C=O) groups is 1. The summed E-state index contributed by atoms with van der Waals surface area (Å²) in [5.41, 5.74) is 1.27. The Kier molecular flexibility index (Phi) is 6.39. The molecule has 0 bridgehead atoms. The molecule has 1 heterocycles. The minimum Gasteiger partial charge on any atom is -0.332 e. The van der Waals surface area contributed by atoms with Gasteiger partial charge in [-0.2, -0.15) is 5.26 Å². The number of carbonyl (C=O) groups excluding carboxylic acids is 1. The van der Waals surface area contributed by atoms with Gasteiger partial charge in [0.05, 0.1) is 16.8 Å². The molecule has 0 radical (unpaired) electrons. The number of thiazole rings is 1. The molecule has 0 saturated carbocycles. The van der Waals surface area contributed by atoms with Crippen LogP contribution in [0.15, 0.2) is 52.7 Å². The van der Waals surface area contributed by atoms with Crippen LogP contribution < -0.4 is 5.32 Å². The maximum atomic E-state index is 13.9. The fourth-order valence-electron chi connectivity index (χ4n) is 2.46. The van der Waals surface area contributed by atoms with Crippen molar-refractivity contribution in [2.75, 3.05) is 0 Å². The molecular weight excluding hydrogens is 400 g/mol. The predicted molar refractivity (Wildman–Crippen MR) is 105 cm³/mol. The molecule has 142 valence electrons. The summed E-state index contributed by atoms with van der Waals surface area (Å²) < 4.78 is 26.9. The number of benzene rings is 2. The van der Waals surface area contributed by atoms with E-state index in [0.29, 0.717) is 11.6 Å². The number of nitrogens with zero attached hydrogens (tertiary/aromatic N) is 2. The van der Waals surface area contributed by atoms with Gasteiger partial charge < -0.3 is 5.32 Å². The summed E-state index contributed by atoms with van der Waals surface area (Å²) in [6, 6.07) is 10.4. The van der Waals surface area contributed by atoms with Crippen LogP contribution in [0.5, 0.6) is 0 Å².